The Kier molecular flexibility index (Phi) is 9.70. The number of carbonyl (C=O) groups is 2. The monoisotopic (exact) mass is 501 g/mol. The Morgan fingerprint density at radius 2 is 1.81 bits per heavy atom. The first-order chi connectivity index (χ1) is 17.9. The SMILES string of the molecule is COCc1cc(C)nc(OCC(=O)N/N=C\c2ccc(OCC(=O)Nc3cccc(C)c3)cc2)c1C#N. The fraction of sp³-hybridized carbons (Fsp3) is 0.222. The average Bonchev–Trinajstić information content (AvgIpc) is 2.87. The molecule has 0 unspecified atom stereocenters. The van der Waals surface area contributed by atoms with Gasteiger partial charge in [-0.2, -0.15) is 10.4 Å². The molecule has 10 nitrogen and oxygen atoms in total. The summed E-state index contributed by atoms with van der Waals surface area (Å²) in [6.45, 7) is 3.43. The summed E-state index contributed by atoms with van der Waals surface area (Å²) < 4.78 is 16.1. The molecule has 1 heterocycles. The highest BCUT2D eigenvalue weighted by Crippen LogP contribution is 2.21. The number of nitrogens with one attached hydrogen (secondary N) is 2. The molecule has 3 rings (SSSR count). The van der Waals surface area contributed by atoms with Crippen molar-refractivity contribution in [2.45, 2.75) is 20.5 Å². The summed E-state index contributed by atoms with van der Waals surface area (Å²) in [5.74, 6) is -0.201. The molecule has 37 heavy (non-hydrogen) atoms. The van der Waals surface area contributed by atoms with Crippen molar-refractivity contribution in [1.29, 1.82) is 5.26 Å². The van der Waals surface area contributed by atoms with E-state index in [0.29, 0.717) is 28.3 Å². The van der Waals surface area contributed by atoms with Gasteiger partial charge in [-0.15, -0.1) is 0 Å². The summed E-state index contributed by atoms with van der Waals surface area (Å²) in [7, 11) is 1.52. The molecular formula is C27H27N5O5. The molecule has 0 aliphatic rings. The zero-order valence-electron chi connectivity index (χ0n) is 20.8. The van der Waals surface area contributed by atoms with Crippen LogP contribution >= 0.6 is 0 Å². The van der Waals surface area contributed by atoms with Crippen LogP contribution in [0.3, 0.4) is 0 Å². The number of hydrogen-bond donors (Lipinski definition) is 2. The second kappa shape index (κ2) is 13.4. The van der Waals surface area contributed by atoms with E-state index in [-0.39, 0.29) is 37.2 Å². The molecule has 1 aromatic heterocycles. The molecule has 0 saturated carbocycles. The molecule has 3 aromatic rings. The van der Waals surface area contributed by atoms with Gasteiger partial charge in [0.15, 0.2) is 13.2 Å². The Labute approximate surface area is 214 Å². The smallest absolute Gasteiger partial charge is 0.278 e. The molecule has 10 heteroatoms. The van der Waals surface area contributed by atoms with Gasteiger partial charge in [-0.25, -0.2) is 10.4 Å². The maximum Gasteiger partial charge on any atom is 0.278 e. The molecule has 0 atom stereocenters. The number of hydrogen-bond acceptors (Lipinski definition) is 8. The Hall–Kier alpha value is -4.75. The van der Waals surface area contributed by atoms with Gasteiger partial charge in [0.2, 0.25) is 5.88 Å². The minimum absolute atomic E-state index is 0.0665. The number of rotatable bonds is 11. The van der Waals surface area contributed by atoms with Gasteiger partial charge in [-0.3, -0.25) is 9.59 Å². The van der Waals surface area contributed by atoms with Gasteiger partial charge in [0, 0.05) is 24.1 Å². The first-order valence-electron chi connectivity index (χ1n) is 11.3. The van der Waals surface area contributed by atoms with Gasteiger partial charge in [0.05, 0.1) is 12.8 Å². The molecule has 2 amide bonds. The third-order valence-corrected chi connectivity index (χ3v) is 4.90. The molecule has 0 spiro atoms. The lowest BCUT2D eigenvalue weighted by molar-refractivity contribution is -0.123. The largest absolute Gasteiger partial charge is 0.484 e. The lowest BCUT2D eigenvalue weighted by Crippen LogP contribution is -2.25. The van der Waals surface area contributed by atoms with Gasteiger partial charge < -0.3 is 19.5 Å². The van der Waals surface area contributed by atoms with Crippen LogP contribution in [0, 0.1) is 25.2 Å². The minimum Gasteiger partial charge on any atom is -0.484 e. The molecule has 0 saturated heterocycles. The fourth-order valence-corrected chi connectivity index (χ4v) is 3.27. The Bertz CT molecular complexity index is 1320. The molecule has 0 aliphatic heterocycles. The minimum atomic E-state index is -0.517. The molecule has 0 radical (unpaired) electrons. The van der Waals surface area contributed by atoms with Crippen LogP contribution in [0.25, 0.3) is 0 Å². The van der Waals surface area contributed by atoms with E-state index in [0.717, 1.165) is 5.56 Å². The van der Waals surface area contributed by atoms with Crippen LogP contribution in [0.5, 0.6) is 11.6 Å². The van der Waals surface area contributed by atoms with Crippen molar-refractivity contribution >= 4 is 23.7 Å². The number of anilines is 1. The highest BCUT2D eigenvalue weighted by Gasteiger charge is 2.14. The van der Waals surface area contributed by atoms with Crippen molar-refractivity contribution in [2.24, 2.45) is 5.10 Å². The predicted octanol–water partition coefficient (Wildman–Crippen LogP) is 3.26. The Balaban J connectivity index is 1.45. The van der Waals surface area contributed by atoms with Crippen LogP contribution < -0.4 is 20.2 Å². The highest BCUT2D eigenvalue weighted by molar-refractivity contribution is 5.92. The maximum atomic E-state index is 12.1. The van der Waals surface area contributed by atoms with Crippen LogP contribution in [-0.2, 0) is 20.9 Å². The molecular weight excluding hydrogens is 474 g/mol. The summed E-state index contributed by atoms with van der Waals surface area (Å²) in [4.78, 5) is 28.4. The average molecular weight is 502 g/mol. The summed E-state index contributed by atoms with van der Waals surface area (Å²) in [5.41, 5.74) is 6.31. The summed E-state index contributed by atoms with van der Waals surface area (Å²) >= 11 is 0. The second-order valence-electron chi connectivity index (χ2n) is 8.00. The second-order valence-corrected chi connectivity index (χ2v) is 8.00. The standard InChI is InChI=1S/C27H27N5O5/c1-18-5-4-6-22(11-18)31-25(33)16-36-23-9-7-20(8-10-23)14-29-32-26(34)17-37-27-24(13-28)21(15-35-3)12-19(2)30-27/h4-12,14H,15-17H2,1-3H3,(H,31,33)(H,32,34)/b29-14-. The quantitative estimate of drug-likeness (QED) is 0.304. The summed E-state index contributed by atoms with van der Waals surface area (Å²) in [5, 5.41) is 16.1. The van der Waals surface area contributed by atoms with Crippen LogP contribution in [-0.4, -0.2) is 43.3 Å². The van der Waals surface area contributed by atoms with E-state index in [1.165, 1.54) is 13.3 Å². The molecule has 2 N–H and O–H groups in total. The van der Waals surface area contributed by atoms with Crippen molar-refractivity contribution in [3.05, 3.63) is 82.5 Å². The zero-order chi connectivity index (χ0) is 26.6. The molecule has 0 fully saturated rings. The summed E-state index contributed by atoms with van der Waals surface area (Å²) in [6.07, 6.45) is 1.45. The van der Waals surface area contributed by atoms with Gasteiger partial charge >= 0.3 is 0 Å². The van der Waals surface area contributed by atoms with Crippen molar-refractivity contribution in [1.82, 2.24) is 10.4 Å². The van der Waals surface area contributed by atoms with E-state index in [1.807, 2.05) is 37.3 Å². The van der Waals surface area contributed by atoms with Gasteiger partial charge in [0.25, 0.3) is 11.8 Å². The number of amides is 2. The van der Waals surface area contributed by atoms with E-state index in [4.69, 9.17) is 14.2 Å². The number of benzene rings is 2. The molecule has 0 bridgehead atoms. The van der Waals surface area contributed by atoms with Gasteiger partial charge in [0.1, 0.15) is 17.4 Å². The Morgan fingerprint density at radius 3 is 2.51 bits per heavy atom. The number of aromatic nitrogens is 1. The number of aryl methyl sites for hydroxylation is 2. The third kappa shape index (κ3) is 8.45. The van der Waals surface area contributed by atoms with E-state index in [1.54, 1.807) is 37.3 Å². The lowest BCUT2D eigenvalue weighted by atomic mass is 10.1. The van der Waals surface area contributed by atoms with Gasteiger partial charge in [-0.05, 0) is 67.4 Å². The van der Waals surface area contributed by atoms with Crippen LogP contribution in [0.2, 0.25) is 0 Å². The zero-order valence-corrected chi connectivity index (χ0v) is 20.8. The normalized spacial score (nSPS) is 10.5. The molecule has 190 valence electrons. The van der Waals surface area contributed by atoms with Gasteiger partial charge in [-0.1, -0.05) is 12.1 Å². The van der Waals surface area contributed by atoms with E-state index >= 15 is 0 Å². The number of ether oxygens (including phenoxy) is 3. The topological polar surface area (TPSA) is 135 Å². The van der Waals surface area contributed by atoms with Crippen molar-refractivity contribution in [3.8, 4) is 17.7 Å². The number of pyridine rings is 1. The van der Waals surface area contributed by atoms with Crippen LogP contribution in [0.1, 0.15) is 27.9 Å². The summed E-state index contributed by atoms with van der Waals surface area (Å²) in [6, 6.07) is 18.1. The predicted molar refractivity (Wildman–Crippen MR) is 137 cm³/mol. The van der Waals surface area contributed by atoms with E-state index in [2.05, 4.69) is 20.8 Å². The first kappa shape index (κ1) is 26.8. The lowest BCUT2D eigenvalue weighted by Gasteiger charge is -2.10. The van der Waals surface area contributed by atoms with E-state index < -0.39 is 5.91 Å². The Morgan fingerprint density at radius 1 is 1.05 bits per heavy atom. The fourth-order valence-electron chi connectivity index (χ4n) is 3.27. The van der Waals surface area contributed by atoms with Crippen LogP contribution in [0.4, 0.5) is 5.69 Å². The first-order valence-corrected chi connectivity index (χ1v) is 11.3. The number of methoxy groups -OCH3 is 1. The van der Waals surface area contributed by atoms with Crippen molar-refractivity contribution < 1.29 is 23.8 Å². The molecule has 0 aliphatic carbocycles. The number of hydrazone groups is 1. The molecule has 2 aromatic carbocycles. The van der Waals surface area contributed by atoms with Crippen molar-refractivity contribution in [3.63, 3.8) is 0 Å². The number of carbonyl (C=O) groups excluding carboxylic acids is 2. The van der Waals surface area contributed by atoms with Crippen LogP contribution in [0.15, 0.2) is 59.7 Å². The van der Waals surface area contributed by atoms with E-state index in [9.17, 15) is 14.9 Å². The maximum absolute atomic E-state index is 12.1. The van der Waals surface area contributed by atoms with Crippen molar-refractivity contribution in [2.75, 3.05) is 25.6 Å². The highest BCUT2D eigenvalue weighted by atomic mass is 16.5. The number of nitriles is 1. The third-order valence-electron chi connectivity index (χ3n) is 4.90. The number of nitrogens with zero attached hydrogens (tertiary/aromatic N) is 3.